The molecule has 1 heterocycles. The maximum Gasteiger partial charge on any atom is 0.342 e. The molecule has 0 radical (unpaired) electrons. The summed E-state index contributed by atoms with van der Waals surface area (Å²) >= 11 is 0. The van der Waals surface area contributed by atoms with E-state index < -0.39 is 5.97 Å². The lowest BCUT2D eigenvalue weighted by Gasteiger charge is -2.07. The van der Waals surface area contributed by atoms with Crippen molar-refractivity contribution in [2.24, 2.45) is 0 Å². The minimum absolute atomic E-state index is 0.163. The van der Waals surface area contributed by atoms with E-state index in [2.05, 4.69) is 0 Å². The number of esters is 1. The Morgan fingerprint density at radius 1 is 0.963 bits per heavy atom. The van der Waals surface area contributed by atoms with Gasteiger partial charge in [0.1, 0.15) is 22.8 Å². The monoisotopic (exact) mass is 364 g/mol. The fourth-order valence-electron chi connectivity index (χ4n) is 2.89. The first-order valence-corrected chi connectivity index (χ1v) is 8.61. The van der Waals surface area contributed by atoms with Crippen LogP contribution in [0.4, 0.5) is 0 Å². The summed E-state index contributed by atoms with van der Waals surface area (Å²) in [6.07, 6.45) is 0. The van der Waals surface area contributed by atoms with Gasteiger partial charge in [-0.25, -0.2) is 4.79 Å². The number of aryl methyl sites for hydroxylation is 1. The highest BCUT2D eigenvalue weighted by molar-refractivity contribution is 6.18. The van der Waals surface area contributed by atoms with Crippen LogP contribution in [0.3, 0.4) is 0 Å². The van der Waals surface area contributed by atoms with Crippen LogP contribution in [-0.4, -0.2) is 25.5 Å². The van der Waals surface area contributed by atoms with Crippen LogP contribution in [0.25, 0.3) is 11.3 Å². The third-order valence-corrected chi connectivity index (χ3v) is 4.18. The van der Waals surface area contributed by atoms with Crippen molar-refractivity contribution in [1.29, 1.82) is 0 Å². The van der Waals surface area contributed by atoms with Crippen molar-refractivity contribution in [3.05, 3.63) is 77.0 Å². The van der Waals surface area contributed by atoms with Gasteiger partial charge in [0, 0.05) is 11.1 Å². The molecule has 0 aliphatic heterocycles. The number of carbonyl (C=O) groups is 2. The first-order valence-electron chi connectivity index (χ1n) is 8.61. The van der Waals surface area contributed by atoms with Crippen molar-refractivity contribution >= 4 is 11.8 Å². The molecule has 138 valence electrons. The number of rotatable bonds is 6. The highest BCUT2D eigenvalue weighted by Crippen LogP contribution is 2.34. The molecule has 0 atom stereocenters. The molecule has 0 saturated heterocycles. The summed E-state index contributed by atoms with van der Waals surface area (Å²) in [5.41, 5.74) is 1.52. The Morgan fingerprint density at radius 3 is 2.22 bits per heavy atom. The molecule has 0 spiro atoms. The minimum atomic E-state index is -0.571. The third kappa shape index (κ3) is 3.62. The standard InChI is InChI=1S/C22H20O5/c1-4-26-22(24)18-14(2)27-21(16-10-12-17(25-3)13-11-16)19(18)20(23)15-8-6-5-7-9-15/h5-13H,4H2,1-3H3. The predicted molar refractivity (Wildman–Crippen MR) is 101 cm³/mol. The molecule has 0 bridgehead atoms. The molecular formula is C22H20O5. The van der Waals surface area contributed by atoms with Crippen LogP contribution in [-0.2, 0) is 4.74 Å². The number of hydrogen-bond donors (Lipinski definition) is 0. The number of benzene rings is 2. The Morgan fingerprint density at radius 2 is 1.63 bits per heavy atom. The fourth-order valence-corrected chi connectivity index (χ4v) is 2.89. The maximum atomic E-state index is 13.2. The van der Waals surface area contributed by atoms with Crippen LogP contribution in [0.2, 0.25) is 0 Å². The highest BCUT2D eigenvalue weighted by Gasteiger charge is 2.30. The number of furan rings is 1. The van der Waals surface area contributed by atoms with Crippen LogP contribution in [0, 0.1) is 6.92 Å². The molecule has 2 aromatic carbocycles. The molecule has 0 aliphatic carbocycles. The van der Waals surface area contributed by atoms with Crippen LogP contribution in [0.5, 0.6) is 5.75 Å². The highest BCUT2D eigenvalue weighted by atomic mass is 16.5. The Hall–Kier alpha value is -3.34. The quantitative estimate of drug-likeness (QED) is 0.470. The largest absolute Gasteiger partial charge is 0.497 e. The molecule has 0 saturated carbocycles. The molecule has 3 rings (SSSR count). The molecule has 0 unspecified atom stereocenters. The summed E-state index contributed by atoms with van der Waals surface area (Å²) < 4.78 is 16.2. The molecule has 0 amide bonds. The number of ether oxygens (including phenoxy) is 2. The Balaban J connectivity index is 2.19. The SMILES string of the molecule is CCOC(=O)c1c(C)oc(-c2ccc(OC)cc2)c1C(=O)c1ccccc1. The second-order valence-electron chi connectivity index (χ2n) is 5.88. The van der Waals surface area contributed by atoms with Crippen molar-refractivity contribution in [2.75, 3.05) is 13.7 Å². The minimum Gasteiger partial charge on any atom is -0.497 e. The van der Waals surface area contributed by atoms with Crippen LogP contribution in [0.1, 0.15) is 39.0 Å². The van der Waals surface area contributed by atoms with E-state index in [-0.39, 0.29) is 23.5 Å². The van der Waals surface area contributed by atoms with Gasteiger partial charge in [-0.1, -0.05) is 30.3 Å². The first kappa shape index (κ1) is 18.5. The predicted octanol–water partition coefficient (Wildman–Crippen LogP) is 4.67. The zero-order chi connectivity index (χ0) is 19.4. The summed E-state index contributed by atoms with van der Waals surface area (Å²) in [5, 5.41) is 0. The lowest BCUT2D eigenvalue weighted by Crippen LogP contribution is -2.12. The number of hydrogen-bond acceptors (Lipinski definition) is 5. The molecule has 0 aliphatic rings. The van der Waals surface area contributed by atoms with E-state index in [4.69, 9.17) is 13.9 Å². The third-order valence-electron chi connectivity index (χ3n) is 4.18. The van der Waals surface area contributed by atoms with E-state index in [1.807, 2.05) is 6.07 Å². The van der Waals surface area contributed by atoms with Gasteiger partial charge in [0.15, 0.2) is 5.78 Å². The van der Waals surface area contributed by atoms with E-state index in [1.165, 1.54) is 0 Å². The van der Waals surface area contributed by atoms with Gasteiger partial charge in [0.05, 0.1) is 19.3 Å². The Labute approximate surface area is 157 Å². The van der Waals surface area contributed by atoms with Crippen LogP contribution < -0.4 is 4.74 Å². The average molecular weight is 364 g/mol. The van der Waals surface area contributed by atoms with Gasteiger partial charge >= 0.3 is 5.97 Å². The fraction of sp³-hybridized carbons (Fsp3) is 0.182. The molecule has 5 nitrogen and oxygen atoms in total. The molecule has 0 fully saturated rings. The Bertz CT molecular complexity index is 952. The number of methoxy groups -OCH3 is 1. The molecular weight excluding hydrogens is 344 g/mol. The lowest BCUT2D eigenvalue weighted by atomic mass is 9.96. The summed E-state index contributed by atoms with van der Waals surface area (Å²) in [5.74, 6) is 0.508. The summed E-state index contributed by atoms with van der Waals surface area (Å²) in [7, 11) is 1.58. The smallest absolute Gasteiger partial charge is 0.342 e. The van der Waals surface area contributed by atoms with E-state index >= 15 is 0 Å². The van der Waals surface area contributed by atoms with Crippen molar-refractivity contribution in [1.82, 2.24) is 0 Å². The molecule has 5 heteroatoms. The topological polar surface area (TPSA) is 65.7 Å². The van der Waals surface area contributed by atoms with Crippen LogP contribution in [0.15, 0.2) is 59.0 Å². The second kappa shape index (κ2) is 7.91. The van der Waals surface area contributed by atoms with Gasteiger partial charge in [-0.05, 0) is 38.1 Å². The lowest BCUT2D eigenvalue weighted by molar-refractivity contribution is 0.0522. The molecule has 3 aromatic rings. The van der Waals surface area contributed by atoms with Crippen molar-refractivity contribution in [3.8, 4) is 17.1 Å². The average Bonchev–Trinajstić information content (AvgIpc) is 3.05. The van der Waals surface area contributed by atoms with Crippen molar-refractivity contribution in [3.63, 3.8) is 0 Å². The number of carbonyl (C=O) groups excluding carboxylic acids is 2. The zero-order valence-electron chi connectivity index (χ0n) is 15.4. The summed E-state index contributed by atoms with van der Waals surface area (Å²) in [6, 6.07) is 15.9. The van der Waals surface area contributed by atoms with Gasteiger partial charge in [-0.2, -0.15) is 0 Å². The van der Waals surface area contributed by atoms with E-state index in [9.17, 15) is 9.59 Å². The van der Waals surface area contributed by atoms with Crippen LogP contribution >= 0.6 is 0 Å². The van der Waals surface area contributed by atoms with Gasteiger partial charge in [0.2, 0.25) is 0 Å². The number of ketones is 1. The molecule has 0 N–H and O–H groups in total. The van der Waals surface area contributed by atoms with Gasteiger partial charge in [-0.3, -0.25) is 4.79 Å². The summed E-state index contributed by atoms with van der Waals surface area (Å²) in [6.45, 7) is 3.58. The van der Waals surface area contributed by atoms with Crippen molar-refractivity contribution < 1.29 is 23.5 Å². The maximum absolute atomic E-state index is 13.2. The molecule has 27 heavy (non-hydrogen) atoms. The zero-order valence-corrected chi connectivity index (χ0v) is 15.4. The van der Waals surface area contributed by atoms with E-state index in [0.717, 1.165) is 0 Å². The molecule has 1 aromatic heterocycles. The normalized spacial score (nSPS) is 10.5. The van der Waals surface area contributed by atoms with Gasteiger partial charge in [-0.15, -0.1) is 0 Å². The summed E-state index contributed by atoms with van der Waals surface area (Å²) in [4.78, 5) is 25.7. The van der Waals surface area contributed by atoms with E-state index in [1.54, 1.807) is 69.5 Å². The Kier molecular flexibility index (Phi) is 5.41. The van der Waals surface area contributed by atoms with Gasteiger partial charge < -0.3 is 13.9 Å². The van der Waals surface area contributed by atoms with Gasteiger partial charge in [0.25, 0.3) is 0 Å². The van der Waals surface area contributed by atoms with Crippen molar-refractivity contribution in [2.45, 2.75) is 13.8 Å². The van der Waals surface area contributed by atoms with E-state index in [0.29, 0.717) is 28.4 Å². The first-order chi connectivity index (χ1) is 13.1. The second-order valence-corrected chi connectivity index (χ2v) is 5.88.